The Balaban J connectivity index is 2.31. The lowest BCUT2D eigenvalue weighted by Gasteiger charge is -2.29. The number of aryl methyl sites for hydroxylation is 1. The molecule has 1 aliphatic heterocycles. The van der Waals surface area contributed by atoms with E-state index in [2.05, 4.69) is 25.7 Å². The fraction of sp³-hybridized carbons (Fsp3) is 0.500. The van der Waals surface area contributed by atoms with E-state index >= 15 is 0 Å². The first-order valence-corrected chi connectivity index (χ1v) is 8.44. The minimum atomic E-state index is -0.253. The first kappa shape index (κ1) is 16.3. The molecule has 1 aliphatic rings. The SMILES string of the molecule is CCCN1C(=S)SC(C)(C)[C@@H]1/[N+]([O-])=C/c1ccc(C)cc1. The van der Waals surface area contributed by atoms with Crippen LogP contribution < -0.4 is 0 Å². The molecule has 1 heterocycles. The summed E-state index contributed by atoms with van der Waals surface area (Å²) in [4.78, 5) is 2.05. The predicted octanol–water partition coefficient (Wildman–Crippen LogP) is 3.77. The monoisotopic (exact) mass is 322 g/mol. The van der Waals surface area contributed by atoms with Crippen LogP contribution in [0.5, 0.6) is 0 Å². The van der Waals surface area contributed by atoms with Crippen LogP contribution >= 0.6 is 24.0 Å². The second-order valence-corrected chi connectivity index (χ2v) is 8.23. The van der Waals surface area contributed by atoms with E-state index in [4.69, 9.17) is 12.2 Å². The van der Waals surface area contributed by atoms with Gasteiger partial charge in [-0.15, -0.1) is 0 Å². The van der Waals surface area contributed by atoms with Crippen molar-refractivity contribution in [1.82, 2.24) is 4.90 Å². The molecule has 21 heavy (non-hydrogen) atoms. The summed E-state index contributed by atoms with van der Waals surface area (Å²) in [6.45, 7) is 9.13. The number of thiocarbonyl (C=S) groups is 1. The minimum absolute atomic E-state index is 0.213. The van der Waals surface area contributed by atoms with Crippen LogP contribution in [-0.4, -0.2) is 37.6 Å². The smallest absolute Gasteiger partial charge is 0.254 e. The van der Waals surface area contributed by atoms with E-state index in [1.165, 1.54) is 5.56 Å². The van der Waals surface area contributed by atoms with Crippen LogP contribution in [0.2, 0.25) is 0 Å². The summed E-state index contributed by atoms with van der Waals surface area (Å²) >= 11 is 7.06. The molecule has 2 rings (SSSR count). The average molecular weight is 322 g/mol. The van der Waals surface area contributed by atoms with E-state index in [0.29, 0.717) is 0 Å². The maximum atomic E-state index is 12.7. The fourth-order valence-electron chi connectivity index (χ4n) is 2.58. The standard InChI is InChI=1S/C16H22N2OS2/c1-5-10-17-14(16(3,4)21-15(17)20)18(19)11-13-8-6-12(2)7-9-13/h6-9,11,14H,5,10H2,1-4H3/b18-11-/t14-/m0/s1. The highest BCUT2D eigenvalue weighted by molar-refractivity contribution is 8.24. The Hall–Kier alpha value is -1.07. The third-order valence-corrected chi connectivity index (χ3v) is 5.19. The number of hydroxylamine groups is 1. The minimum Gasteiger partial charge on any atom is -0.622 e. The second kappa shape index (κ2) is 6.36. The van der Waals surface area contributed by atoms with Gasteiger partial charge >= 0.3 is 0 Å². The van der Waals surface area contributed by atoms with Crippen LogP contribution in [0.25, 0.3) is 0 Å². The van der Waals surface area contributed by atoms with Crippen LogP contribution in [0.15, 0.2) is 24.3 Å². The molecular weight excluding hydrogens is 300 g/mol. The molecule has 1 atom stereocenters. The predicted molar refractivity (Wildman–Crippen MR) is 95.0 cm³/mol. The molecule has 0 amide bonds. The lowest BCUT2D eigenvalue weighted by atomic mass is 10.1. The van der Waals surface area contributed by atoms with Crippen molar-refractivity contribution >= 4 is 34.5 Å². The third kappa shape index (κ3) is 3.58. The number of hydrogen-bond donors (Lipinski definition) is 0. The zero-order chi connectivity index (χ0) is 15.6. The molecule has 0 bridgehead atoms. The Kier molecular flexibility index (Phi) is 4.94. The normalized spacial score (nSPS) is 21.9. The second-order valence-electron chi connectivity index (χ2n) is 5.94. The van der Waals surface area contributed by atoms with Crippen LogP contribution in [0.1, 0.15) is 38.3 Å². The summed E-state index contributed by atoms with van der Waals surface area (Å²) in [6.07, 6.45) is 2.39. The summed E-state index contributed by atoms with van der Waals surface area (Å²) in [5.74, 6) is 0. The number of benzene rings is 1. The zero-order valence-corrected chi connectivity index (χ0v) is 14.6. The first-order chi connectivity index (χ1) is 9.85. The van der Waals surface area contributed by atoms with Gasteiger partial charge in [-0.3, -0.25) is 4.90 Å². The lowest BCUT2D eigenvalue weighted by molar-refractivity contribution is -0.523. The molecule has 0 aromatic heterocycles. The van der Waals surface area contributed by atoms with E-state index in [1.807, 2.05) is 31.2 Å². The van der Waals surface area contributed by atoms with Gasteiger partial charge in [0.05, 0.1) is 0 Å². The molecule has 114 valence electrons. The van der Waals surface area contributed by atoms with Crippen molar-refractivity contribution in [2.45, 2.75) is 45.0 Å². The van der Waals surface area contributed by atoms with E-state index in [0.717, 1.165) is 27.6 Å². The Morgan fingerprint density at radius 1 is 1.38 bits per heavy atom. The fourth-order valence-corrected chi connectivity index (χ4v) is 4.51. The van der Waals surface area contributed by atoms with Crippen LogP contribution in [0.4, 0.5) is 0 Å². The topological polar surface area (TPSA) is 29.3 Å². The highest BCUT2D eigenvalue weighted by Crippen LogP contribution is 2.41. The van der Waals surface area contributed by atoms with Gasteiger partial charge < -0.3 is 5.21 Å². The lowest BCUT2D eigenvalue weighted by Crippen LogP contribution is -2.48. The number of rotatable bonds is 4. The summed E-state index contributed by atoms with van der Waals surface area (Å²) in [7, 11) is 0. The van der Waals surface area contributed by atoms with Crippen molar-refractivity contribution in [2.75, 3.05) is 6.54 Å². The molecule has 0 unspecified atom stereocenters. The molecule has 1 aromatic carbocycles. The Morgan fingerprint density at radius 2 is 2.00 bits per heavy atom. The molecule has 5 heteroatoms. The summed E-state index contributed by atoms with van der Waals surface area (Å²) in [5, 5.41) is 12.7. The molecule has 1 aromatic rings. The quantitative estimate of drug-likeness (QED) is 0.277. The van der Waals surface area contributed by atoms with Gasteiger partial charge in [0, 0.05) is 12.1 Å². The van der Waals surface area contributed by atoms with Gasteiger partial charge in [0.15, 0.2) is 6.21 Å². The van der Waals surface area contributed by atoms with Crippen molar-refractivity contribution in [1.29, 1.82) is 0 Å². The summed E-state index contributed by atoms with van der Waals surface area (Å²) < 4.78 is 1.67. The maximum Gasteiger partial charge on any atom is 0.254 e. The highest BCUT2D eigenvalue weighted by atomic mass is 32.2. The van der Waals surface area contributed by atoms with Crippen molar-refractivity contribution in [3.8, 4) is 0 Å². The molecule has 1 fully saturated rings. The van der Waals surface area contributed by atoms with Gasteiger partial charge in [-0.1, -0.05) is 48.6 Å². The Morgan fingerprint density at radius 3 is 2.57 bits per heavy atom. The van der Waals surface area contributed by atoms with Crippen molar-refractivity contribution in [2.24, 2.45) is 0 Å². The van der Waals surface area contributed by atoms with Gasteiger partial charge in [-0.25, -0.2) is 0 Å². The first-order valence-electron chi connectivity index (χ1n) is 7.22. The average Bonchev–Trinajstić information content (AvgIpc) is 2.62. The van der Waals surface area contributed by atoms with Gasteiger partial charge in [0.25, 0.3) is 6.17 Å². The summed E-state index contributed by atoms with van der Waals surface area (Å²) in [5.41, 5.74) is 2.11. The molecular formula is C16H22N2OS2. The van der Waals surface area contributed by atoms with Gasteiger partial charge in [-0.05, 0) is 39.3 Å². The van der Waals surface area contributed by atoms with Crippen LogP contribution in [0, 0.1) is 12.1 Å². The Bertz CT molecular complexity index is 552. The molecule has 0 spiro atoms. The van der Waals surface area contributed by atoms with Gasteiger partial charge in [0.2, 0.25) is 0 Å². The molecule has 0 aliphatic carbocycles. The summed E-state index contributed by atoms with van der Waals surface area (Å²) in [6, 6.07) is 7.97. The maximum absolute atomic E-state index is 12.7. The van der Waals surface area contributed by atoms with Crippen LogP contribution in [-0.2, 0) is 0 Å². The van der Waals surface area contributed by atoms with Crippen molar-refractivity contribution in [3.63, 3.8) is 0 Å². The van der Waals surface area contributed by atoms with Gasteiger partial charge in [0.1, 0.15) is 9.07 Å². The van der Waals surface area contributed by atoms with Crippen LogP contribution in [0.3, 0.4) is 0 Å². The highest BCUT2D eigenvalue weighted by Gasteiger charge is 2.49. The zero-order valence-electron chi connectivity index (χ0n) is 13.0. The molecule has 1 saturated heterocycles. The molecule has 0 radical (unpaired) electrons. The van der Waals surface area contributed by atoms with E-state index < -0.39 is 0 Å². The third-order valence-electron chi connectivity index (χ3n) is 3.56. The Labute approximate surface area is 136 Å². The number of nitrogens with zero attached hydrogens (tertiary/aromatic N) is 2. The van der Waals surface area contributed by atoms with Gasteiger partial charge in [-0.2, -0.15) is 4.74 Å². The van der Waals surface area contributed by atoms with Crippen molar-refractivity contribution in [3.05, 3.63) is 40.6 Å². The van der Waals surface area contributed by atoms with E-state index in [-0.39, 0.29) is 10.9 Å². The van der Waals surface area contributed by atoms with E-state index in [9.17, 15) is 5.21 Å². The van der Waals surface area contributed by atoms with E-state index in [1.54, 1.807) is 18.0 Å². The number of thioether (sulfide) groups is 1. The largest absolute Gasteiger partial charge is 0.622 e. The van der Waals surface area contributed by atoms with Crippen molar-refractivity contribution < 1.29 is 4.74 Å². The molecule has 0 N–H and O–H groups in total. The molecule has 0 saturated carbocycles. The molecule has 3 nitrogen and oxygen atoms in total. The number of hydrogen-bond acceptors (Lipinski definition) is 3.